The van der Waals surface area contributed by atoms with Gasteiger partial charge in [-0.25, -0.2) is 12.8 Å². The molecule has 1 aliphatic heterocycles. The molecular weight excluding hydrogens is 383 g/mol. The van der Waals surface area contributed by atoms with E-state index in [0.717, 1.165) is 12.1 Å². The van der Waals surface area contributed by atoms with E-state index in [1.165, 1.54) is 47.4 Å². The molecule has 3 rings (SSSR count). The molecule has 1 fully saturated rings. The third-order valence-corrected chi connectivity index (χ3v) is 7.23. The molecule has 0 radical (unpaired) electrons. The average Bonchev–Trinajstić information content (AvgIpc) is 3.12. The summed E-state index contributed by atoms with van der Waals surface area (Å²) >= 11 is 1.37. The number of halogens is 1. The first-order valence-electron chi connectivity index (χ1n) is 7.56. The second-order valence-corrected chi connectivity index (χ2v) is 8.56. The molecular formula is C16H15FN2O5S2. The molecule has 0 aliphatic carbocycles. The summed E-state index contributed by atoms with van der Waals surface area (Å²) in [4.78, 5) is 10.6. The van der Waals surface area contributed by atoms with Crippen molar-refractivity contribution in [1.82, 2.24) is 4.31 Å². The fraction of sp³-hybridized carbons (Fsp3) is 0.250. The molecule has 0 N–H and O–H groups in total. The number of methoxy groups -OCH3 is 1. The third-order valence-electron chi connectivity index (χ3n) is 3.95. The third kappa shape index (κ3) is 3.39. The molecule has 2 aromatic carbocycles. The fourth-order valence-electron chi connectivity index (χ4n) is 2.71. The number of hydrogen-bond acceptors (Lipinski definition) is 6. The molecule has 1 aliphatic rings. The van der Waals surface area contributed by atoms with Crippen molar-refractivity contribution in [3.05, 3.63) is 64.0 Å². The highest BCUT2D eigenvalue weighted by Crippen LogP contribution is 2.43. The van der Waals surface area contributed by atoms with Crippen LogP contribution in [0.2, 0.25) is 0 Å². The lowest BCUT2D eigenvalue weighted by molar-refractivity contribution is -0.385. The van der Waals surface area contributed by atoms with Gasteiger partial charge >= 0.3 is 5.69 Å². The van der Waals surface area contributed by atoms with Gasteiger partial charge in [0.25, 0.3) is 0 Å². The van der Waals surface area contributed by atoms with Gasteiger partial charge in [-0.3, -0.25) is 10.1 Å². The van der Waals surface area contributed by atoms with Crippen LogP contribution >= 0.6 is 11.8 Å². The Bertz CT molecular complexity index is 934. The summed E-state index contributed by atoms with van der Waals surface area (Å²) in [7, 11) is -2.53. The largest absolute Gasteiger partial charge is 0.490 e. The molecule has 0 aromatic heterocycles. The molecule has 26 heavy (non-hydrogen) atoms. The summed E-state index contributed by atoms with van der Waals surface area (Å²) in [6.07, 6.45) is 0. The highest BCUT2D eigenvalue weighted by Gasteiger charge is 2.37. The van der Waals surface area contributed by atoms with E-state index in [1.54, 1.807) is 6.07 Å². The van der Waals surface area contributed by atoms with Gasteiger partial charge in [0.05, 0.1) is 22.3 Å². The van der Waals surface area contributed by atoms with Gasteiger partial charge in [0.1, 0.15) is 5.82 Å². The molecule has 0 saturated carbocycles. The second kappa shape index (κ2) is 7.22. The Morgan fingerprint density at radius 2 is 1.96 bits per heavy atom. The van der Waals surface area contributed by atoms with Crippen molar-refractivity contribution in [1.29, 1.82) is 0 Å². The maximum absolute atomic E-state index is 13.1. The molecule has 1 atom stereocenters. The number of thioether (sulfide) groups is 1. The van der Waals surface area contributed by atoms with Crippen LogP contribution in [-0.2, 0) is 10.0 Å². The Morgan fingerprint density at radius 1 is 1.27 bits per heavy atom. The van der Waals surface area contributed by atoms with Crippen molar-refractivity contribution < 1.29 is 22.5 Å². The van der Waals surface area contributed by atoms with E-state index < -0.39 is 26.1 Å². The minimum atomic E-state index is -3.86. The summed E-state index contributed by atoms with van der Waals surface area (Å²) in [5, 5.41) is 10.6. The lowest BCUT2D eigenvalue weighted by atomic mass is 10.2. The van der Waals surface area contributed by atoms with Crippen LogP contribution in [-0.4, -0.2) is 37.1 Å². The van der Waals surface area contributed by atoms with Crippen LogP contribution in [0, 0.1) is 15.9 Å². The molecule has 2 aromatic rings. The second-order valence-electron chi connectivity index (χ2n) is 5.48. The number of sulfonamides is 1. The molecule has 10 heteroatoms. The van der Waals surface area contributed by atoms with Gasteiger partial charge in [-0.2, -0.15) is 4.31 Å². The van der Waals surface area contributed by atoms with Gasteiger partial charge in [-0.1, -0.05) is 6.07 Å². The zero-order valence-electron chi connectivity index (χ0n) is 13.7. The predicted octanol–water partition coefficient (Wildman–Crippen LogP) is 3.18. The van der Waals surface area contributed by atoms with Gasteiger partial charge in [0.2, 0.25) is 10.0 Å². The molecule has 0 amide bonds. The maximum Gasteiger partial charge on any atom is 0.311 e. The van der Waals surface area contributed by atoms with Crippen LogP contribution in [0.5, 0.6) is 5.75 Å². The Kier molecular flexibility index (Phi) is 5.17. The van der Waals surface area contributed by atoms with Crippen molar-refractivity contribution in [2.75, 3.05) is 19.4 Å². The van der Waals surface area contributed by atoms with Crippen molar-refractivity contribution in [2.24, 2.45) is 0 Å². The zero-order valence-corrected chi connectivity index (χ0v) is 15.3. The van der Waals surface area contributed by atoms with Crippen LogP contribution in [0.25, 0.3) is 0 Å². The van der Waals surface area contributed by atoms with Gasteiger partial charge in [-0.05, 0) is 35.9 Å². The number of nitro groups is 1. The highest BCUT2D eigenvalue weighted by molar-refractivity contribution is 8.01. The Morgan fingerprint density at radius 3 is 2.58 bits per heavy atom. The van der Waals surface area contributed by atoms with Crippen LogP contribution < -0.4 is 4.74 Å². The van der Waals surface area contributed by atoms with Gasteiger partial charge in [-0.15, -0.1) is 11.8 Å². The Hall–Kier alpha value is -2.17. The maximum atomic E-state index is 13.1. The number of benzene rings is 2. The van der Waals surface area contributed by atoms with Crippen molar-refractivity contribution in [2.45, 2.75) is 10.3 Å². The minimum Gasteiger partial charge on any atom is -0.490 e. The highest BCUT2D eigenvalue weighted by atomic mass is 32.2. The first kappa shape index (κ1) is 18.6. The SMILES string of the molecule is COc1ccc(C2SCCN2S(=O)(=O)c2ccc(F)cc2)cc1[N+](=O)[O-]. The number of ether oxygens (including phenoxy) is 1. The summed E-state index contributed by atoms with van der Waals surface area (Å²) in [6.45, 7) is 0.259. The van der Waals surface area contributed by atoms with E-state index in [4.69, 9.17) is 4.74 Å². The van der Waals surface area contributed by atoms with Crippen molar-refractivity contribution in [3.8, 4) is 5.75 Å². The predicted molar refractivity (Wildman–Crippen MR) is 95.1 cm³/mol. The quantitative estimate of drug-likeness (QED) is 0.568. The van der Waals surface area contributed by atoms with Gasteiger partial charge in [0.15, 0.2) is 5.75 Å². The van der Waals surface area contributed by atoms with E-state index in [1.807, 2.05) is 0 Å². The Labute approximate surface area is 154 Å². The summed E-state index contributed by atoms with van der Waals surface area (Å²) in [5.74, 6) is 0.127. The van der Waals surface area contributed by atoms with Gasteiger partial charge in [0, 0.05) is 18.4 Å². The van der Waals surface area contributed by atoms with Crippen molar-refractivity contribution >= 4 is 27.5 Å². The van der Waals surface area contributed by atoms with Crippen LogP contribution in [0.3, 0.4) is 0 Å². The molecule has 0 bridgehead atoms. The lowest BCUT2D eigenvalue weighted by Crippen LogP contribution is -2.30. The van der Waals surface area contributed by atoms with E-state index in [0.29, 0.717) is 11.3 Å². The standard InChI is InChI=1S/C16H15FN2O5S2/c1-24-15-7-2-11(10-14(15)19(20)21)16-18(8-9-25-16)26(22,23)13-5-3-12(17)4-6-13/h2-7,10,16H,8-9H2,1H3. The summed E-state index contributed by atoms with van der Waals surface area (Å²) in [5.41, 5.74) is 0.266. The Balaban J connectivity index is 1.99. The van der Waals surface area contributed by atoms with Gasteiger partial charge < -0.3 is 4.74 Å². The van der Waals surface area contributed by atoms with E-state index in [-0.39, 0.29) is 22.9 Å². The van der Waals surface area contributed by atoms with E-state index in [9.17, 15) is 22.9 Å². The first-order chi connectivity index (χ1) is 12.3. The fourth-order valence-corrected chi connectivity index (χ4v) is 5.94. The minimum absolute atomic E-state index is 0.0191. The van der Waals surface area contributed by atoms with Crippen LogP contribution in [0.1, 0.15) is 10.9 Å². The number of rotatable bonds is 5. The van der Waals surface area contributed by atoms with Crippen molar-refractivity contribution in [3.63, 3.8) is 0 Å². The normalized spacial score (nSPS) is 18.0. The van der Waals surface area contributed by atoms with Crippen LogP contribution in [0.4, 0.5) is 10.1 Å². The molecule has 0 spiro atoms. The monoisotopic (exact) mass is 398 g/mol. The summed E-state index contributed by atoms with van der Waals surface area (Å²) in [6, 6.07) is 8.99. The number of hydrogen-bond donors (Lipinski definition) is 0. The smallest absolute Gasteiger partial charge is 0.311 e. The summed E-state index contributed by atoms with van der Waals surface area (Å²) < 4.78 is 45.2. The first-order valence-corrected chi connectivity index (χ1v) is 10.0. The number of nitro benzene ring substituents is 1. The van der Waals surface area contributed by atoms with E-state index >= 15 is 0 Å². The molecule has 7 nitrogen and oxygen atoms in total. The molecule has 1 saturated heterocycles. The molecule has 138 valence electrons. The molecule has 1 heterocycles. The van der Waals surface area contributed by atoms with Crippen LogP contribution in [0.15, 0.2) is 47.4 Å². The number of nitrogens with zero attached hydrogens (tertiary/aromatic N) is 2. The lowest BCUT2D eigenvalue weighted by Gasteiger charge is -2.23. The van der Waals surface area contributed by atoms with E-state index in [2.05, 4.69) is 0 Å². The zero-order chi connectivity index (χ0) is 18.9. The molecule has 1 unspecified atom stereocenters. The average molecular weight is 398 g/mol. The topological polar surface area (TPSA) is 89.8 Å².